The van der Waals surface area contributed by atoms with E-state index in [1.54, 1.807) is 7.11 Å². The van der Waals surface area contributed by atoms with Crippen LogP contribution in [0.3, 0.4) is 0 Å². The lowest BCUT2D eigenvalue weighted by atomic mass is 9.81. The van der Waals surface area contributed by atoms with E-state index in [4.69, 9.17) is 9.47 Å². The van der Waals surface area contributed by atoms with Crippen LogP contribution < -0.4 is 14.8 Å². The number of ether oxygens (including phenoxy) is 2. The van der Waals surface area contributed by atoms with E-state index in [-0.39, 0.29) is 0 Å². The Kier molecular flexibility index (Phi) is 6.34. The smallest absolute Gasteiger partial charge is 0.161 e. The fourth-order valence-electron chi connectivity index (χ4n) is 1.83. The average molecular weight is 279 g/mol. The van der Waals surface area contributed by atoms with Gasteiger partial charge in [0.1, 0.15) is 0 Å². The first-order chi connectivity index (χ1) is 9.40. The van der Waals surface area contributed by atoms with Crippen molar-refractivity contribution in [3.63, 3.8) is 0 Å². The van der Waals surface area contributed by atoms with E-state index >= 15 is 0 Å². The molecule has 0 spiro atoms. The first kappa shape index (κ1) is 16.8. The van der Waals surface area contributed by atoms with Gasteiger partial charge in [-0.05, 0) is 36.0 Å². The van der Waals surface area contributed by atoms with Crippen molar-refractivity contribution in [2.24, 2.45) is 11.3 Å². The maximum absolute atomic E-state index is 5.53. The highest BCUT2D eigenvalue weighted by Crippen LogP contribution is 2.28. The Bertz CT molecular complexity index is 413. The van der Waals surface area contributed by atoms with Gasteiger partial charge in [0.15, 0.2) is 11.5 Å². The van der Waals surface area contributed by atoms with Crippen LogP contribution in [0.1, 0.15) is 40.2 Å². The van der Waals surface area contributed by atoms with Crippen LogP contribution in [0, 0.1) is 11.3 Å². The molecular weight excluding hydrogens is 250 g/mol. The number of benzene rings is 1. The van der Waals surface area contributed by atoms with Crippen molar-refractivity contribution >= 4 is 0 Å². The molecule has 0 aliphatic rings. The molecule has 3 heteroatoms. The molecule has 1 aromatic carbocycles. The molecule has 3 nitrogen and oxygen atoms in total. The van der Waals surface area contributed by atoms with Gasteiger partial charge in [0.25, 0.3) is 0 Å². The van der Waals surface area contributed by atoms with E-state index in [1.165, 1.54) is 5.56 Å². The van der Waals surface area contributed by atoms with Gasteiger partial charge >= 0.3 is 0 Å². The Hall–Kier alpha value is -1.22. The second-order valence-electron chi connectivity index (χ2n) is 6.17. The molecule has 0 saturated heterocycles. The Morgan fingerprint density at radius 3 is 2.45 bits per heavy atom. The molecule has 1 N–H and O–H groups in total. The molecule has 0 saturated carbocycles. The molecule has 0 bridgehead atoms. The van der Waals surface area contributed by atoms with Crippen LogP contribution in [0.4, 0.5) is 0 Å². The van der Waals surface area contributed by atoms with E-state index < -0.39 is 0 Å². The number of hydrogen-bond donors (Lipinski definition) is 1. The summed E-state index contributed by atoms with van der Waals surface area (Å²) in [4.78, 5) is 0. The number of hydrogen-bond acceptors (Lipinski definition) is 3. The van der Waals surface area contributed by atoms with Gasteiger partial charge in [-0.1, -0.05) is 33.8 Å². The molecule has 0 aliphatic carbocycles. The Morgan fingerprint density at radius 1 is 1.20 bits per heavy atom. The lowest BCUT2D eigenvalue weighted by Crippen LogP contribution is -2.33. The zero-order valence-corrected chi connectivity index (χ0v) is 13.7. The van der Waals surface area contributed by atoms with Gasteiger partial charge in [-0.3, -0.25) is 0 Å². The Balaban J connectivity index is 2.61. The van der Waals surface area contributed by atoms with Crippen LogP contribution in [0.15, 0.2) is 18.2 Å². The number of methoxy groups -OCH3 is 1. The molecule has 0 unspecified atom stereocenters. The van der Waals surface area contributed by atoms with E-state index in [2.05, 4.69) is 39.1 Å². The van der Waals surface area contributed by atoms with Crippen molar-refractivity contribution in [1.29, 1.82) is 0 Å². The molecule has 0 aromatic heterocycles. The van der Waals surface area contributed by atoms with Crippen LogP contribution in [0.5, 0.6) is 11.5 Å². The maximum atomic E-state index is 5.53. The van der Waals surface area contributed by atoms with Crippen LogP contribution in [0.25, 0.3) is 0 Å². The summed E-state index contributed by atoms with van der Waals surface area (Å²) < 4.78 is 10.9. The van der Waals surface area contributed by atoms with Crippen molar-refractivity contribution in [2.75, 3.05) is 20.3 Å². The lowest BCUT2D eigenvalue weighted by Gasteiger charge is -2.29. The van der Waals surface area contributed by atoms with Crippen LogP contribution in [-0.2, 0) is 6.54 Å². The standard InChI is InChI=1S/C17H29NO2/c1-7-20-15-9-8-14(10-16(15)19-6)11-18-12-17(4,5)13(2)3/h8-10,13,18H,7,11-12H2,1-6H3. The van der Waals surface area contributed by atoms with Crippen molar-refractivity contribution < 1.29 is 9.47 Å². The van der Waals surface area contributed by atoms with Gasteiger partial charge in [-0.2, -0.15) is 0 Å². The fraction of sp³-hybridized carbons (Fsp3) is 0.647. The third-order valence-electron chi connectivity index (χ3n) is 4.00. The highest BCUT2D eigenvalue weighted by molar-refractivity contribution is 5.42. The summed E-state index contributed by atoms with van der Waals surface area (Å²) in [5.41, 5.74) is 1.51. The van der Waals surface area contributed by atoms with E-state index in [1.807, 2.05) is 19.1 Å². The van der Waals surface area contributed by atoms with Gasteiger partial charge in [0.05, 0.1) is 13.7 Å². The quantitative estimate of drug-likeness (QED) is 0.783. The van der Waals surface area contributed by atoms with Gasteiger partial charge in [-0.15, -0.1) is 0 Å². The SMILES string of the molecule is CCOc1ccc(CNCC(C)(C)C(C)C)cc1OC. The molecule has 0 fully saturated rings. The zero-order chi connectivity index (χ0) is 15.2. The summed E-state index contributed by atoms with van der Waals surface area (Å²) in [7, 11) is 1.68. The predicted octanol–water partition coefficient (Wildman–Crippen LogP) is 3.87. The van der Waals surface area contributed by atoms with Gasteiger partial charge < -0.3 is 14.8 Å². The fourth-order valence-corrected chi connectivity index (χ4v) is 1.83. The third-order valence-corrected chi connectivity index (χ3v) is 4.00. The van der Waals surface area contributed by atoms with Crippen LogP contribution in [0.2, 0.25) is 0 Å². The molecule has 20 heavy (non-hydrogen) atoms. The van der Waals surface area contributed by atoms with Crippen molar-refractivity contribution in [3.05, 3.63) is 23.8 Å². The molecule has 114 valence electrons. The Labute approximate surface area is 123 Å². The van der Waals surface area contributed by atoms with Crippen LogP contribution >= 0.6 is 0 Å². The van der Waals surface area contributed by atoms with Gasteiger partial charge in [-0.25, -0.2) is 0 Å². The minimum absolute atomic E-state index is 0.301. The molecule has 0 heterocycles. The summed E-state index contributed by atoms with van der Waals surface area (Å²) in [6.07, 6.45) is 0. The second kappa shape index (κ2) is 7.53. The van der Waals surface area contributed by atoms with E-state index in [0.717, 1.165) is 24.6 Å². The highest BCUT2D eigenvalue weighted by Gasteiger charge is 2.21. The average Bonchev–Trinajstić information content (AvgIpc) is 2.40. The molecule has 0 aliphatic heterocycles. The largest absolute Gasteiger partial charge is 0.493 e. The summed E-state index contributed by atoms with van der Waals surface area (Å²) in [6.45, 7) is 13.6. The van der Waals surface area contributed by atoms with E-state index in [0.29, 0.717) is 17.9 Å². The van der Waals surface area contributed by atoms with Gasteiger partial charge in [0, 0.05) is 13.1 Å². The molecule has 0 atom stereocenters. The number of rotatable bonds is 8. The Morgan fingerprint density at radius 2 is 1.90 bits per heavy atom. The topological polar surface area (TPSA) is 30.5 Å². The summed E-state index contributed by atoms with van der Waals surface area (Å²) in [6, 6.07) is 6.11. The minimum atomic E-state index is 0.301. The van der Waals surface area contributed by atoms with Crippen LogP contribution in [-0.4, -0.2) is 20.3 Å². The van der Waals surface area contributed by atoms with Crippen molar-refractivity contribution in [1.82, 2.24) is 5.32 Å². The third kappa shape index (κ3) is 4.71. The summed E-state index contributed by atoms with van der Waals surface area (Å²) in [5, 5.41) is 3.53. The second-order valence-corrected chi connectivity index (χ2v) is 6.17. The molecule has 1 aromatic rings. The minimum Gasteiger partial charge on any atom is -0.493 e. The monoisotopic (exact) mass is 279 g/mol. The normalized spacial score (nSPS) is 11.8. The molecular formula is C17H29NO2. The number of nitrogens with one attached hydrogen (secondary N) is 1. The first-order valence-corrected chi connectivity index (χ1v) is 7.41. The summed E-state index contributed by atoms with van der Waals surface area (Å²) >= 11 is 0. The molecule has 1 rings (SSSR count). The molecule has 0 radical (unpaired) electrons. The predicted molar refractivity (Wildman–Crippen MR) is 84.5 cm³/mol. The first-order valence-electron chi connectivity index (χ1n) is 7.41. The van der Waals surface area contributed by atoms with Crippen molar-refractivity contribution in [3.8, 4) is 11.5 Å². The van der Waals surface area contributed by atoms with Crippen molar-refractivity contribution in [2.45, 2.75) is 41.2 Å². The molecule has 0 amide bonds. The van der Waals surface area contributed by atoms with E-state index in [9.17, 15) is 0 Å². The highest BCUT2D eigenvalue weighted by atomic mass is 16.5. The maximum Gasteiger partial charge on any atom is 0.161 e. The lowest BCUT2D eigenvalue weighted by molar-refractivity contribution is 0.238. The summed E-state index contributed by atoms with van der Waals surface area (Å²) in [5.74, 6) is 2.26. The van der Waals surface area contributed by atoms with Gasteiger partial charge in [0.2, 0.25) is 0 Å². The zero-order valence-electron chi connectivity index (χ0n) is 13.7.